The zero-order valence-corrected chi connectivity index (χ0v) is 15.5. The van der Waals surface area contributed by atoms with Gasteiger partial charge in [0, 0.05) is 43.5 Å². The van der Waals surface area contributed by atoms with Crippen molar-refractivity contribution in [3.05, 3.63) is 16.1 Å². The first-order chi connectivity index (χ1) is 9.77. The SMILES string of the molecule is CC(N)C(=O)N1CCN(Cc2csc(C(C)(C)C)n2)CC1.Cl. The lowest BCUT2D eigenvalue weighted by molar-refractivity contribution is -0.134. The fraction of sp³-hybridized carbons (Fsp3) is 0.733. The van der Waals surface area contributed by atoms with Gasteiger partial charge in [-0.3, -0.25) is 9.69 Å². The largest absolute Gasteiger partial charge is 0.339 e. The highest BCUT2D eigenvalue weighted by molar-refractivity contribution is 7.09. The number of halogens is 1. The molecule has 1 unspecified atom stereocenters. The van der Waals surface area contributed by atoms with Gasteiger partial charge in [-0.2, -0.15) is 0 Å². The van der Waals surface area contributed by atoms with E-state index in [1.54, 1.807) is 18.3 Å². The molecule has 126 valence electrons. The van der Waals surface area contributed by atoms with Crippen LogP contribution in [0, 0.1) is 0 Å². The summed E-state index contributed by atoms with van der Waals surface area (Å²) in [6, 6.07) is -0.399. The maximum Gasteiger partial charge on any atom is 0.239 e. The van der Waals surface area contributed by atoms with Gasteiger partial charge in [-0.1, -0.05) is 20.8 Å². The van der Waals surface area contributed by atoms with Gasteiger partial charge in [-0.15, -0.1) is 23.7 Å². The first-order valence-electron chi connectivity index (χ1n) is 7.49. The molecular weight excluding hydrogens is 320 g/mol. The summed E-state index contributed by atoms with van der Waals surface area (Å²) >= 11 is 1.74. The van der Waals surface area contributed by atoms with Crippen molar-refractivity contribution in [3.63, 3.8) is 0 Å². The second kappa shape index (κ2) is 7.73. The lowest BCUT2D eigenvalue weighted by Gasteiger charge is -2.35. The Morgan fingerprint density at radius 2 is 1.95 bits per heavy atom. The van der Waals surface area contributed by atoms with Crippen LogP contribution in [0.3, 0.4) is 0 Å². The van der Waals surface area contributed by atoms with E-state index >= 15 is 0 Å². The van der Waals surface area contributed by atoms with Crippen LogP contribution < -0.4 is 5.73 Å². The van der Waals surface area contributed by atoms with Gasteiger partial charge in [0.25, 0.3) is 0 Å². The summed E-state index contributed by atoms with van der Waals surface area (Å²) in [6.45, 7) is 12.5. The van der Waals surface area contributed by atoms with Crippen molar-refractivity contribution in [2.75, 3.05) is 26.2 Å². The van der Waals surface area contributed by atoms with E-state index in [9.17, 15) is 4.79 Å². The predicted molar refractivity (Wildman–Crippen MR) is 93.6 cm³/mol. The molecule has 1 atom stereocenters. The monoisotopic (exact) mass is 346 g/mol. The first kappa shape index (κ1) is 19.4. The third-order valence-electron chi connectivity index (χ3n) is 3.65. The molecule has 0 bridgehead atoms. The molecule has 2 N–H and O–H groups in total. The van der Waals surface area contributed by atoms with E-state index in [4.69, 9.17) is 10.7 Å². The molecule has 1 saturated heterocycles. The van der Waals surface area contributed by atoms with E-state index in [0.29, 0.717) is 0 Å². The van der Waals surface area contributed by atoms with Gasteiger partial charge in [0.05, 0.1) is 16.7 Å². The average molecular weight is 347 g/mol. The van der Waals surface area contributed by atoms with Crippen LogP contribution in [-0.4, -0.2) is 52.9 Å². The van der Waals surface area contributed by atoms with Crippen LogP contribution in [0.1, 0.15) is 38.4 Å². The zero-order valence-electron chi connectivity index (χ0n) is 13.8. The van der Waals surface area contributed by atoms with Crippen molar-refractivity contribution in [3.8, 4) is 0 Å². The van der Waals surface area contributed by atoms with Crippen LogP contribution in [0.15, 0.2) is 5.38 Å². The highest BCUT2D eigenvalue weighted by Crippen LogP contribution is 2.26. The molecule has 22 heavy (non-hydrogen) atoms. The van der Waals surface area contributed by atoms with Crippen molar-refractivity contribution in [2.45, 2.75) is 45.7 Å². The van der Waals surface area contributed by atoms with Crippen LogP contribution >= 0.6 is 23.7 Å². The molecule has 2 heterocycles. The van der Waals surface area contributed by atoms with Crippen LogP contribution in [0.4, 0.5) is 0 Å². The van der Waals surface area contributed by atoms with Crippen LogP contribution in [0.5, 0.6) is 0 Å². The molecule has 0 aliphatic carbocycles. The number of rotatable bonds is 3. The Morgan fingerprint density at radius 1 is 1.36 bits per heavy atom. The van der Waals surface area contributed by atoms with E-state index in [1.165, 1.54) is 5.01 Å². The maximum atomic E-state index is 11.8. The first-order valence-corrected chi connectivity index (χ1v) is 8.37. The second-order valence-electron chi connectivity index (χ2n) is 6.78. The molecular formula is C15H27ClN4OS. The molecule has 7 heteroatoms. The quantitative estimate of drug-likeness (QED) is 0.907. The molecule has 0 spiro atoms. The molecule has 1 amide bonds. The number of nitrogens with two attached hydrogens (primary N) is 1. The lowest BCUT2D eigenvalue weighted by atomic mass is 9.98. The van der Waals surface area contributed by atoms with Gasteiger partial charge in [0.2, 0.25) is 5.91 Å². The smallest absolute Gasteiger partial charge is 0.239 e. The fourth-order valence-electron chi connectivity index (χ4n) is 2.37. The van der Waals surface area contributed by atoms with Gasteiger partial charge >= 0.3 is 0 Å². The topological polar surface area (TPSA) is 62.5 Å². The van der Waals surface area contributed by atoms with Gasteiger partial charge < -0.3 is 10.6 Å². The standard InChI is InChI=1S/C15H26N4OS.ClH/c1-11(16)13(20)19-7-5-18(6-8-19)9-12-10-21-14(17-12)15(2,3)4;/h10-11H,5-9,16H2,1-4H3;1H. The lowest BCUT2D eigenvalue weighted by Crippen LogP contribution is -2.52. The normalized spacial score (nSPS) is 18.0. The summed E-state index contributed by atoms with van der Waals surface area (Å²) in [5.74, 6) is 0.0540. The van der Waals surface area contributed by atoms with Gasteiger partial charge in [0.15, 0.2) is 0 Å². The summed E-state index contributed by atoms with van der Waals surface area (Å²) in [6.07, 6.45) is 0. The summed E-state index contributed by atoms with van der Waals surface area (Å²) in [5.41, 5.74) is 6.91. The van der Waals surface area contributed by atoms with Gasteiger partial charge in [0.1, 0.15) is 0 Å². The summed E-state index contributed by atoms with van der Waals surface area (Å²) < 4.78 is 0. The minimum Gasteiger partial charge on any atom is -0.339 e. The van der Waals surface area contributed by atoms with Gasteiger partial charge in [-0.25, -0.2) is 4.98 Å². The molecule has 5 nitrogen and oxygen atoms in total. The highest BCUT2D eigenvalue weighted by atomic mass is 35.5. The number of piperazine rings is 1. The Labute approximate surface area is 143 Å². The molecule has 0 radical (unpaired) electrons. The third kappa shape index (κ3) is 4.91. The molecule has 1 aliphatic rings. The van der Waals surface area contributed by atoms with Crippen molar-refractivity contribution >= 4 is 29.7 Å². The van der Waals surface area contributed by atoms with Crippen LogP contribution in [0.2, 0.25) is 0 Å². The zero-order chi connectivity index (χ0) is 15.6. The number of carbonyl (C=O) groups excluding carboxylic acids is 1. The average Bonchev–Trinajstić information content (AvgIpc) is 2.87. The van der Waals surface area contributed by atoms with E-state index < -0.39 is 6.04 Å². The van der Waals surface area contributed by atoms with Crippen molar-refractivity contribution in [2.24, 2.45) is 5.73 Å². The Bertz CT molecular complexity index is 490. The van der Waals surface area contributed by atoms with E-state index in [-0.39, 0.29) is 23.7 Å². The fourth-order valence-corrected chi connectivity index (χ4v) is 3.27. The number of aromatic nitrogens is 1. The second-order valence-corrected chi connectivity index (χ2v) is 7.64. The number of carbonyl (C=O) groups is 1. The molecule has 1 aromatic heterocycles. The van der Waals surface area contributed by atoms with Crippen molar-refractivity contribution in [1.82, 2.24) is 14.8 Å². The number of hydrogen-bond acceptors (Lipinski definition) is 5. The minimum absolute atomic E-state index is 0. The summed E-state index contributed by atoms with van der Waals surface area (Å²) in [5, 5.41) is 3.34. The van der Waals surface area contributed by atoms with Gasteiger partial charge in [-0.05, 0) is 6.92 Å². The van der Waals surface area contributed by atoms with Crippen LogP contribution in [-0.2, 0) is 16.8 Å². The Morgan fingerprint density at radius 3 is 2.41 bits per heavy atom. The minimum atomic E-state index is -0.399. The molecule has 1 fully saturated rings. The third-order valence-corrected chi connectivity index (χ3v) is 4.97. The predicted octanol–water partition coefficient (Wildman–Crippen LogP) is 1.85. The summed E-state index contributed by atoms with van der Waals surface area (Å²) in [7, 11) is 0. The highest BCUT2D eigenvalue weighted by Gasteiger charge is 2.24. The maximum absolute atomic E-state index is 11.8. The number of amides is 1. The van der Waals surface area contributed by atoms with E-state index in [0.717, 1.165) is 38.4 Å². The summed E-state index contributed by atoms with van der Waals surface area (Å²) in [4.78, 5) is 20.8. The Hall–Kier alpha value is -0.690. The molecule has 2 rings (SSSR count). The number of nitrogens with zero attached hydrogens (tertiary/aromatic N) is 3. The molecule has 1 aliphatic heterocycles. The van der Waals surface area contributed by atoms with Crippen LogP contribution in [0.25, 0.3) is 0 Å². The number of thiazole rings is 1. The Kier molecular flexibility index (Phi) is 6.80. The van der Waals surface area contributed by atoms with Crippen molar-refractivity contribution < 1.29 is 4.79 Å². The van der Waals surface area contributed by atoms with E-state index in [1.807, 2.05) is 4.90 Å². The Balaban J connectivity index is 0.00000242. The molecule has 0 saturated carbocycles. The molecule has 0 aromatic carbocycles. The van der Waals surface area contributed by atoms with Crippen molar-refractivity contribution in [1.29, 1.82) is 0 Å². The molecule has 1 aromatic rings. The van der Waals surface area contributed by atoms with E-state index in [2.05, 4.69) is 31.1 Å². The number of hydrogen-bond donors (Lipinski definition) is 1.